The molecule has 1 rings (SSSR count). The zero-order valence-electron chi connectivity index (χ0n) is 9.60. The number of esters is 1. The Morgan fingerprint density at radius 3 is 2.81 bits per heavy atom. The van der Waals surface area contributed by atoms with Gasteiger partial charge in [0.2, 0.25) is 0 Å². The third kappa shape index (κ3) is 2.78. The number of methoxy groups -OCH3 is 1. The van der Waals surface area contributed by atoms with Crippen molar-refractivity contribution in [1.82, 2.24) is 15.2 Å². The number of nitrogens with one attached hydrogen (secondary N) is 1. The van der Waals surface area contributed by atoms with Gasteiger partial charge in [0.15, 0.2) is 5.69 Å². The Bertz CT molecular complexity index is 370. The zero-order valence-corrected chi connectivity index (χ0v) is 9.60. The fraction of sp³-hybridized carbons (Fsp3) is 0.556. The second-order valence-corrected chi connectivity index (χ2v) is 2.95. The molecule has 0 radical (unpaired) electrons. The van der Waals surface area contributed by atoms with Crippen molar-refractivity contribution in [2.45, 2.75) is 13.8 Å². The van der Waals surface area contributed by atoms with E-state index in [0.717, 1.165) is 13.1 Å². The summed E-state index contributed by atoms with van der Waals surface area (Å²) in [4.78, 5) is 11.3. The molecule has 0 aliphatic rings. The van der Waals surface area contributed by atoms with Gasteiger partial charge >= 0.3 is 5.97 Å². The number of ether oxygens (including phenoxy) is 1. The SMILES string of the molecule is CCN(CC)N=Nc1cn[nH]c1C(=O)OC. The fourth-order valence-electron chi connectivity index (χ4n) is 1.07. The molecule has 88 valence electrons. The van der Waals surface area contributed by atoms with E-state index in [1.165, 1.54) is 13.3 Å². The largest absolute Gasteiger partial charge is 0.464 e. The van der Waals surface area contributed by atoms with Gasteiger partial charge in [-0.25, -0.2) is 4.79 Å². The van der Waals surface area contributed by atoms with Crippen LogP contribution < -0.4 is 0 Å². The van der Waals surface area contributed by atoms with Crippen molar-refractivity contribution in [2.24, 2.45) is 10.3 Å². The lowest BCUT2D eigenvalue weighted by Crippen LogP contribution is -2.14. The predicted octanol–water partition coefficient (Wildman–Crippen LogP) is 1.54. The van der Waals surface area contributed by atoms with Crippen LogP contribution in [0.5, 0.6) is 0 Å². The molecule has 0 aromatic carbocycles. The Morgan fingerprint density at radius 2 is 2.25 bits per heavy atom. The van der Waals surface area contributed by atoms with Gasteiger partial charge < -0.3 is 4.74 Å². The Kier molecular flexibility index (Phi) is 4.43. The molecule has 0 amide bonds. The lowest BCUT2D eigenvalue weighted by Gasteiger charge is -2.10. The number of H-pyrrole nitrogens is 1. The minimum absolute atomic E-state index is 0.207. The number of nitrogens with zero attached hydrogens (tertiary/aromatic N) is 4. The smallest absolute Gasteiger partial charge is 0.358 e. The molecule has 0 bridgehead atoms. The maximum Gasteiger partial charge on any atom is 0.358 e. The summed E-state index contributed by atoms with van der Waals surface area (Å²) in [5.74, 6) is -0.508. The lowest BCUT2D eigenvalue weighted by molar-refractivity contribution is 0.0595. The molecule has 7 nitrogen and oxygen atoms in total. The molecule has 0 saturated carbocycles. The van der Waals surface area contributed by atoms with E-state index in [2.05, 4.69) is 25.3 Å². The first-order chi connectivity index (χ1) is 7.72. The monoisotopic (exact) mass is 225 g/mol. The van der Waals surface area contributed by atoms with Crippen LogP contribution in [-0.4, -0.2) is 41.4 Å². The van der Waals surface area contributed by atoms with E-state index in [9.17, 15) is 4.79 Å². The standard InChI is InChI=1S/C9H15N5O2/c1-4-14(5-2)13-11-7-6-10-12-8(7)9(15)16-3/h6H,4-5H2,1-3H3,(H,10,12). The maximum absolute atomic E-state index is 11.3. The van der Waals surface area contributed by atoms with Crippen LogP contribution in [0, 0.1) is 0 Å². The van der Waals surface area contributed by atoms with Crippen molar-refractivity contribution in [3.05, 3.63) is 11.9 Å². The number of aromatic amines is 1. The zero-order chi connectivity index (χ0) is 12.0. The molecule has 1 aromatic rings. The van der Waals surface area contributed by atoms with Crippen molar-refractivity contribution >= 4 is 11.7 Å². The molecule has 1 heterocycles. The van der Waals surface area contributed by atoms with E-state index in [0.29, 0.717) is 5.69 Å². The Labute approximate surface area is 93.5 Å². The third-order valence-corrected chi connectivity index (χ3v) is 2.02. The third-order valence-electron chi connectivity index (χ3n) is 2.02. The number of aromatic nitrogens is 2. The molecule has 0 atom stereocenters. The first-order valence-corrected chi connectivity index (χ1v) is 5.01. The van der Waals surface area contributed by atoms with Crippen LogP contribution in [0.15, 0.2) is 16.5 Å². The number of carbonyl (C=O) groups is 1. The quantitative estimate of drug-likeness (QED) is 0.468. The second kappa shape index (κ2) is 5.84. The Balaban J connectivity index is 2.81. The van der Waals surface area contributed by atoms with Gasteiger partial charge in [0.1, 0.15) is 5.69 Å². The van der Waals surface area contributed by atoms with Gasteiger partial charge in [-0.2, -0.15) is 5.10 Å². The van der Waals surface area contributed by atoms with Crippen molar-refractivity contribution in [1.29, 1.82) is 0 Å². The summed E-state index contributed by atoms with van der Waals surface area (Å²) in [6, 6.07) is 0. The number of hydrogen-bond donors (Lipinski definition) is 1. The summed E-state index contributed by atoms with van der Waals surface area (Å²) in [5, 5.41) is 15.9. The molecular formula is C9H15N5O2. The Hall–Kier alpha value is -1.92. The van der Waals surface area contributed by atoms with E-state index in [-0.39, 0.29) is 5.69 Å². The molecule has 0 spiro atoms. The van der Waals surface area contributed by atoms with Gasteiger partial charge in [-0.1, -0.05) is 5.22 Å². The van der Waals surface area contributed by atoms with E-state index in [4.69, 9.17) is 0 Å². The molecular weight excluding hydrogens is 210 g/mol. The van der Waals surface area contributed by atoms with Crippen LogP contribution >= 0.6 is 0 Å². The summed E-state index contributed by atoms with van der Waals surface area (Å²) in [7, 11) is 1.30. The minimum Gasteiger partial charge on any atom is -0.464 e. The number of rotatable bonds is 5. The van der Waals surface area contributed by atoms with Crippen LogP contribution in [0.25, 0.3) is 0 Å². The summed E-state index contributed by atoms with van der Waals surface area (Å²) >= 11 is 0. The maximum atomic E-state index is 11.3. The molecule has 0 fully saturated rings. The van der Waals surface area contributed by atoms with E-state index in [1.807, 2.05) is 13.8 Å². The molecule has 0 aliphatic heterocycles. The highest BCUT2D eigenvalue weighted by Crippen LogP contribution is 2.17. The normalized spacial score (nSPS) is 10.7. The molecule has 7 heteroatoms. The van der Waals surface area contributed by atoms with Crippen LogP contribution in [0.2, 0.25) is 0 Å². The van der Waals surface area contributed by atoms with E-state index < -0.39 is 5.97 Å². The molecule has 0 saturated heterocycles. The summed E-state index contributed by atoms with van der Waals surface area (Å²) < 4.78 is 4.57. The fourth-order valence-corrected chi connectivity index (χ4v) is 1.07. The number of hydrogen-bond acceptors (Lipinski definition) is 5. The Morgan fingerprint density at radius 1 is 1.56 bits per heavy atom. The highest BCUT2D eigenvalue weighted by Gasteiger charge is 2.13. The van der Waals surface area contributed by atoms with Crippen molar-refractivity contribution in [2.75, 3.05) is 20.2 Å². The van der Waals surface area contributed by atoms with Gasteiger partial charge in [0.05, 0.1) is 13.3 Å². The van der Waals surface area contributed by atoms with Crippen LogP contribution in [-0.2, 0) is 4.74 Å². The van der Waals surface area contributed by atoms with E-state index in [1.54, 1.807) is 5.01 Å². The van der Waals surface area contributed by atoms with Gasteiger partial charge in [-0.15, -0.1) is 5.11 Å². The van der Waals surface area contributed by atoms with Crippen LogP contribution in [0.3, 0.4) is 0 Å². The topological polar surface area (TPSA) is 82.9 Å². The van der Waals surface area contributed by atoms with E-state index >= 15 is 0 Å². The van der Waals surface area contributed by atoms with Gasteiger partial charge in [0.25, 0.3) is 0 Å². The summed E-state index contributed by atoms with van der Waals surface area (Å²) in [5.41, 5.74) is 0.581. The molecule has 1 N–H and O–H groups in total. The van der Waals surface area contributed by atoms with Gasteiger partial charge in [0, 0.05) is 13.1 Å². The lowest BCUT2D eigenvalue weighted by atomic mass is 10.4. The first kappa shape index (κ1) is 12.2. The van der Waals surface area contributed by atoms with Crippen molar-refractivity contribution < 1.29 is 9.53 Å². The summed E-state index contributed by atoms with van der Waals surface area (Å²) in [6.07, 6.45) is 1.43. The first-order valence-electron chi connectivity index (χ1n) is 5.01. The molecule has 1 aromatic heterocycles. The highest BCUT2D eigenvalue weighted by molar-refractivity contribution is 5.92. The van der Waals surface area contributed by atoms with Gasteiger partial charge in [-0.05, 0) is 13.8 Å². The minimum atomic E-state index is -0.508. The summed E-state index contributed by atoms with van der Waals surface area (Å²) in [6.45, 7) is 5.45. The van der Waals surface area contributed by atoms with Crippen molar-refractivity contribution in [3.63, 3.8) is 0 Å². The molecule has 0 unspecified atom stereocenters. The molecule has 0 aliphatic carbocycles. The van der Waals surface area contributed by atoms with Crippen molar-refractivity contribution in [3.8, 4) is 0 Å². The highest BCUT2D eigenvalue weighted by atomic mass is 16.5. The van der Waals surface area contributed by atoms with Crippen LogP contribution in [0.4, 0.5) is 5.69 Å². The van der Waals surface area contributed by atoms with Crippen LogP contribution in [0.1, 0.15) is 24.3 Å². The number of carbonyl (C=O) groups excluding carboxylic acids is 1. The second-order valence-electron chi connectivity index (χ2n) is 2.95. The predicted molar refractivity (Wildman–Crippen MR) is 57.4 cm³/mol. The van der Waals surface area contributed by atoms with Gasteiger partial charge in [-0.3, -0.25) is 10.1 Å². The average molecular weight is 225 g/mol. The molecule has 16 heavy (non-hydrogen) atoms. The average Bonchev–Trinajstić information content (AvgIpc) is 2.77.